The van der Waals surface area contributed by atoms with Crippen LogP contribution in [0.2, 0.25) is 5.02 Å². The molecule has 0 radical (unpaired) electrons. The highest BCUT2D eigenvalue weighted by Crippen LogP contribution is 2.34. The van der Waals surface area contributed by atoms with Crippen molar-refractivity contribution in [2.24, 2.45) is 11.7 Å². The molecular formula is C22H22ClN3O. The van der Waals surface area contributed by atoms with E-state index in [2.05, 4.69) is 36.1 Å². The van der Waals surface area contributed by atoms with E-state index in [1.807, 2.05) is 24.3 Å². The molecule has 3 aromatic rings. The highest BCUT2D eigenvalue weighted by Gasteiger charge is 2.24. The smallest absolute Gasteiger partial charge is 0.220 e. The van der Waals surface area contributed by atoms with Gasteiger partial charge in [0.15, 0.2) is 0 Å². The molecule has 0 atom stereocenters. The van der Waals surface area contributed by atoms with Gasteiger partial charge in [-0.2, -0.15) is 0 Å². The van der Waals surface area contributed by atoms with Crippen LogP contribution in [0.1, 0.15) is 18.4 Å². The third-order valence-electron chi connectivity index (χ3n) is 5.32. The lowest BCUT2D eigenvalue weighted by Crippen LogP contribution is -2.38. The Kier molecular flexibility index (Phi) is 4.75. The Balaban J connectivity index is 1.79. The summed E-state index contributed by atoms with van der Waals surface area (Å²) < 4.78 is 0. The minimum Gasteiger partial charge on any atom is -0.371 e. The first kappa shape index (κ1) is 17.8. The molecule has 0 aliphatic carbocycles. The summed E-state index contributed by atoms with van der Waals surface area (Å²) >= 11 is 6.04. The van der Waals surface area contributed by atoms with Gasteiger partial charge in [-0.1, -0.05) is 35.4 Å². The van der Waals surface area contributed by atoms with Gasteiger partial charge in [-0.05, 0) is 50.1 Å². The summed E-state index contributed by atoms with van der Waals surface area (Å²) in [6, 6.07) is 16.3. The van der Waals surface area contributed by atoms with Crippen LogP contribution in [0.3, 0.4) is 0 Å². The quantitative estimate of drug-likeness (QED) is 0.725. The molecule has 138 valence electrons. The molecule has 1 fully saturated rings. The van der Waals surface area contributed by atoms with Crippen molar-refractivity contribution >= 4 is 34.1 Å². The molecule has 0 spiro atoms. The molecule has 4 nitrogen and oxygen atoms in total. The monoisotopic (exact) mass is 379 g/mol. The number of anilines is 1. The predicted octanol–water partition coefficient (Wildman–Crippen LogP) is 4.57. The van der Waals surface area contributed by atoms with Crippen LogP contribution in [0, 0.1) is 12.8 Å². The van der Waals surface area contributed by atoms with E-state index >= 15 is 0 Å². The number of primary amides is 1. The Morgan fingerprint density at radius 1 is 1.11 bits per heavy atom. The van der Waals surface area contributed by atoms with Crippen molar-refractivity contribution < 1.29 is 4.79 Å². The molecule has 27 heavy (non-hydrogen) atoms. The number of aromatic nitrogens is 1. The fourth-order valence-electron chi connectivity index (χ4n) is 3.76. The third-order valence-corrected chi connectivity index (χ3v) is 5.57. The average Bonchev–Trinajstić information content (AvgIpc) is 2.68. The Hall–Kier alpha value is -2.59. The lowest BCUT2D eigenvalue weighted by molar-refractivity contribution is -0.122. The summed E-state index contributed by atoms with van der Waals surface area (Å²) in [6.07, 6.45) is 1.59. The maximum atomic E-state index is 11.5. The number of pyridine rings is 1. The average molecular weight is 380 g/mol. The van der Waals surface area contributed by atoms with Crippen molar-refractivity contribution in [1.29, 1.82) is 0 Å². The van der Waals surface area contributed by atoms with Crippen molar-refractivity contribution in [2.75, 3.05) is 18.0 Å². The normalized spacial score (nSPS) is 15.3. The number of amides is 1. The molecule has 1 aliphatic heterocycles. The second kappa shape index (κ2) is 7.20. The fraction of sp³-hybridized carbons (Fsp3) is 0.273. The topological polar surface area (TPSA) is 59.2 Å². The van der Waals surface area contributed by atoms with E-state index in [0.29, 0.717) is 5.02 Å². The first-order valence-electron chi connectivity index (χ1n) is 9.23. The molecule has 0 saturated carbocycles. The zero-order valence-electron chi connectivity index (χ0n) is 15.3. The van der Waals surface area contributed by atoms with Gasteiger partial charge in [0.1, 0.15) is 0 Å². The first-order chi connectivity index (χ1) is 13.0. The Labute approximate surface area is 164 Å². The largest absolute Gasteiger partial charge is 0.371 e. The molecule has 1 aliphatic rings. The van der Waals surface area contributed by atoms with Crippen LogP contribution in [0.15, 0.2) is 48.5 Å². The third kappa shape index (κ3) is 3.62. The number of aryl methyl sites for hydroxylation is 1. The number of carbonyl (C=O) groups excluding carboxylic acids is 1. The van der Waals surface area contributed by atoms with Gasteiger partial charge in [-0.3, -0.25) is 4.79 Å². The lowest BCUT2D eigenvalue weighted by Gasteiger charge is -2.33. The van der Waals surface area contributed by atoms with Gasteiger partial charge < -0.3 is 10.6 Å². The number of fused-ring (bicyclic) bond motifs is 1. The number of nitrogens with zero attached hydrogens (tertiary/aromatic N) is 2. The molecule has 0 bridgehead atoms. The Morgan fingerprint density at radius 3 is 2.48 bits per heavy atom. The van der Waals surface area contributed by atoms with Gasteiger partial charge in [0, 0.05) is 40.7 Å². The number of benzene rings is 2. The van der Waals surface area contributed by atoms with E-state index < -0.39 is 0 Å². The highest BCUT2D eigenvalue weighted by atomic mass is 35.5. The van der Waals surface area contributed by atoms with Crippen LogP contribution in [-0.4, -0.2) is 24.0 Å². The summed E-state index contributed by atoms with van der Waals surface area (Å²) in [4.78, 5) is 18.7. The van der Waals surface area contributed by atoms with Crippen LogP contribution in [0.25, 0.3) is 22.2 Å². The second-order valence-electron chi connectivity index (χ2n) is 7.22. The van der Waals surface area contributed by atoms with Crippen molar-refractivity contribution in [3.63, 3.8) is 0 Å². The molecule has 5 heteroatoms. The van der Waals surface area contributed by atoms with E-state index in [0.717, 1.165) is 53.8 Å². The molecule has 4 rings (SSSR count). The number of piperidine rings is 1. The van der Waals surface area contributed by atoms with E-state index in [1.54, 1.807) is 0 Å². The lowest BCUT2D eigenvalue weighted by atomic mass is 9.95. The molecule has 0 unspecified atom stereocenters. The van der Waals surface area contributed by atoms with Crippen LogP contribution >= 0.6 is 11.6 Å². The van der Waals surface area contributed by atoms with E-state index in [-0.39, 0.29) is 11.8 Å². The molecule has 1 saturated heterocycles. The zero-order chi connectivity index (χ0) is 19.0. The van der Waals surface area contributed by atoms with Gasteiger partial charge in [-0.25, -0.2) is 4.98 Å². The van der Waals surface area contributed by atoms with E-state index in [9.17, 15) is 4.79 Å². The van der Waals surface area contributed by atoms with Gasteiger partial charge in [0.05, 0.1) is 11.2 Å². The SMILES string of the molecule is Cc1ccc2nc(-c3ccc(Cl)cc3)cc(N3CCC(C(N)=O)CC3)c2c1. The molecule has 2 heterocycles. The van der Waals surface area contributed by atoms with Crippen LogP contribution in [0.4, 0.5) is 5.69 Å². The maximum absolute atomic E-state index is 11.5. The second-order valence-corrected chi connectivity index (χ2v) is 7.65. The highest BCUT2D eigenvalue weighted by molar-refractivity contribution is 6.30. The molecule has 2 N–H and O–H groups in total. The van der Waals surface area contributed by atoms with Gasteiger partial charge in [0.2, 0.25) is 5.91 Å². The first-order valence-corrected chi connectivity index (χ1v) is 9.60. The predicted molar refractivity (Wildman–Crippen MR) is 111 cm³/mol. The minimum atomic E-state index is -0.188. The van der Waals surface area contributed by atoms with Gasteiger partial charge >= 0.3 is 0 Å². The van der Waals surface area contributed by atoms with Crippen molar-refractivity contribution in [3.05, 3.63) is 59.1 Å². The molecular weight excluding hydrogens is 358 g/mol. The summed E-state index contributed by atoms with van der Waals surface area (Å²) in [7, 11) is 0. The van der Waals surface area contributed by atoms with Crippen LogP contribution in [-0.2, 0) is 4.79 Å². The van der Waals surface area contributed by atoms with Gasteiger partial charge in [0.25, 0.3) is 0 Å². The fourth-order valence-corrected chi connectivity index (χ4v) is 3.88. The van der Waals surface area contributed by atoms with Gasteiger partial charge in [-0.15, -0.1) is 0 Å². The zero-order valence-corrected chi connectivity index (χ0v) is 16.0. The molecule has 1 aromatic heterocycles. The van der Waals surface area contributed by atoms with Crippen LogP contribution in [0.5, 0.6) is 0 Å². The Morgan fingerprint density at radius 2 is 1.81 bits per heavy atom. The minimum absolute atomic E-state index is 0.0215. The van der Waals surface area contributed by atoms with Crippen molar-refractivity contribution in [1.82, 2.24) is 4.98 Å². The molecule has 1 amide bonds. The molecule has 2 aromatic carbocycles. The summed E-state index contributed by atoms with van der Waals surface area (Å²) in [5, 5.41) is 1.86. The van der Waals surface area contributed by atoms with E-state index in [1.165, 1.54) is 5.56 Å². The van der Waals surface area contributed by atoms with E-state index in [4.69, 9.17) is 22.3 Å². The summed E-state index contributed by atoms with van der Waals surface area (Å²) in [6.45, 7) is 3.73. The van der Waals surface area contributed by atoms with Crippen molar-refractivity contribution in [3.8, 4) is 11.3 Å². The van der Waals surface area contributed by atoms with Crippen molar-refractivity contribution in [2.45, 2.75) is 19.8 Å². The number of hydrogen-bond acceptors (Lipinski definition) is 3. The maximum Gasteiger partial charge on any atom is 0.220 e. The standard InChI is InChI=1S/C22H22ClN3O/c1-14-2-7-19-18(12-14)21(26-10-8-16(9-11-26)22(24)27)13-20(25-19)15-3-5-17(23)6-4-15/h2-7,12-13,16H,8-11H2,1H3,(H2,24,27). The number of hydrogen-bond donors (Lipinski definition) is 1. The summed E-state index contributed by atoms with van der Waals surface area (Å²) in [5.74, 6) is -0.209. The number of rotatable bonds is 3. The number of nitrogens with two attached hydrogens (primary N) is 1. The number of carbonyl (C=O) groups is 1. The van der Waals surface area contributed by atoms with Crippen LogP contribution < -0.4 is 10.6 Å². The Bertz CT molecular complexity index is 992. The number of halogens is 1. The summed E-state index contributed by atoms with van der Waals surface area (Å²) in [5.41, 5.74) is 10.8.